The van der Waals surface area contributed by atoms with Crippen LogP contribution in [0.25, 0.3) is 0 Å². The van der Waals surface area contributed by atoms with Crippen LogP contribution in [0.2, 0.25) is 0 Å². The van der Waals surface area contributed by atoms with E-state index in [2.05, 4.69) is 11.8 Å². The predicted octanol–water partition coefficient (Wildman–Crippen LogP) is 5.26. The second kappa shape index (κ2) is 8.03. The summed E-state index contributed by atoms with van der Waals surface area (Å²) >= 11 is 0. The van der Waals surface area contributed by atoms with Gasteiger partial charge in [-0.3, -0.25) is 0 Å². The predicted molar refractivity (Wildman–Crippen MR) is 102 cm³/mol. The zero-order chi connectivity index (χ0) is 22.0. The topological polar surface area (TPSA) is 46.2 Å². The van der Waals surface area contributed by atoms with E-state index in [4.69, 9.17) is 5.73 Å². The fraction of sp³-hybridized carbons (Fsp3) is 0.364. The summed E-state index contributed by atoms with van der Waals surface area (Å²) in [4.78, 5) is 0. The maximum Gasteiger partial charge on any atom is 0.418 e. The molecule has 2 nitrogen and oxygen atoms in total. The Bertz CT molecular complexity index is 956. The number of anilines is 1. The molecule has 7 heteroatoms. The normalized spacial score (nSPS) is 14.1. The van der Waals surface area contributed by atoms with Gasteiger partial charge in [0, 0.05) is 6.42 Å². The van der Waals surface area contributed by atoms with Crippen LogP contribution in [0.3, 0.4) is 0 Å². The highest BCUT2D eigenvalue weighted by Crippen LogP contribution is 2.43. The maximum absolute atomic E-state index is 13.7. The van der Waals surface area contributed by atoms with Crippen molar-refractivity contribution in [1.82, 2.24) is 0 Å². The first-order valence-corrected chi connectivity index (χ1v) is 8.85. The molecule has 0 amide bonds. The fourth-order valence-corrected chi connectivity index (χ4v) is 3.34. The summed E-state index contributed by atoms with van der Waals surface area (Å²) in [7, 11) is 0. The van der Waals surface area contributed by atoms with Crippen LogP contribution in [0, 0.1) is 30.4 Å². The summed E-state index contributed by atoms with van der Waals surface area (Å²) in [6.07, 6.45) is -6.65. The third-order valence-corrected chi connectivity index (χ3v) is 4.85. The minimum atomic E-state index is -4.98. The first-order chi connectivity index (χ1) is 13.3. The van der Waals surface area contributed by atoms with Crippen molar-refractivity contribution in [3.8, 4) is 11.8 Å². The zero-order valence-electron chi connectivity index (χ0n) is 16.3. The minimum Gasteiger partial charge on any atom is -0.395 e. The van der Waals surface area contributed by atoms with Gasteiger partial charge >= 0.3 is 6.18 Å². The lowest BCUT2D eigenvalue weighted by molar-refractivity contribution is -0.264. The van der Waals surface area contributed by atoms with Crippen LogP contribution in [0.15, 0.2) is 36.4 Å². The van der Waals surface area contributed by atoms with E-state index in [-0.39, 0.29) is 11.3 Å². The van der Waals surface area contributed by atoms with Gasteiger partial charge in [-0.15, -0.1) is 0 Å². The molecule has 29 heavy (non-hydrogen) atoms. The van der Waals surface area contributed by atoms with Gasteiger partial charge in [0.25, 0.3) is 0 Å². The van der Waals surface area contributed by atoms with Crippen molar-refractivity contribution < 1.29 is 27.1 Å². The van der Waals surface area contributed by atoms with Crippen molar-refractivity contribution in [3.63, 3.8) is 0 Å². The van der Waals surface area contributed by atoms with Crippen LogP contribution in [-0.4, -0.2) is 16.9 Å². The first kappa shape index (κ1) is 22.7. The van der Waals surface area contributed by atoms with Crippen LogP contribution in [0.4, 0.5) is 27.6 Å². The molecule has 1 unspecified atom stereocenters. The van der Waals surface area contributed by atoms with Crippen LogP contribution in [0.1, 0.15) is 43.4 Å². The van der Waals surface area contributed by atoms with Crippen LogP contribution in [0.5, 0.6) is 0 Å². The van der Waals surface area contributed by atoms with Crippen molar-refractivity contribution >= 4 is 5.69 Å². The summed E-state index contributed by atoms with van der Waals surface area (Å²) in [5, 5.41) is 10.5. The number of benzene rings is 2. The number of nitrogens with two attached hydrogens (primary N) is 1. The van der Waals surface area contributed by atoms with E-state index < -0.39 is 41.7 Å². The summed E-state index contributed by atoms with van der Waals surface area (Å²) in [5.41, 5.74) is 1.92. The van der Waals surface area contributed by atoms with Gasteiger partial charge in [-0.25, -0.2) is 8.78 Å². The number of nitrogen functional groups attached to an aromatic ring is 1. The van der Waals surface area contributed by atoms with E-state index in [1.54, 1.807) is 6.92 Å². The molecule has 0 aliphatic carbocycles. The molecule has 0 saturated carbocycles. The summed E-state index contributed by atoms with van der Waals surface area (Å²) in [5.74, 6) is 3.36. The molecule has 3 N–H and O–H groups in total. The van der Waals surface area contributed by atoms with Crippen LogP contribution >= 0.6 is 0 Å². The van der Waals surface area contributed by atoms with Crippen molar-refractivity contribution in [2.75, 3.05) is 5.73 Å². The fourth-order valence-electron chi connectivity index (χ4n) is 3.34. The number of alkyl halides is 3. The van der Waals surface area contributed by atoms with E-state index in [1.165, 1.54) is 44.2 Å². The molecule has 0 fully saturated rings. The zero-order valence-corrected chi connectivity index (χ0v) is 16.3. The van der Waals surface area contributed by atoms with Gasteiger partial charge in [-0.2, -0.15) is 13.2 Å². The van der Waals surface area contributed by atoms with Crippen molar-refractivity contribution in [2.45, 2.75) is 50.8 Å². The molecule has 0 bridgehead atoms. The second-order valence-corrected chi connectivity index (χ2v) is 7.73. The van der Waals surface area contributed by atoms with Crippen molar-refractivity contribution in [3.05, 3.63) is 64.7 Å². The van der Waals surface area contributed by atoms with Gasteiger partial charge in [0.05, 0.1) is 11.3 Å². The van der Waals surface area contributed by atoms with Gasteiger partial charge in [-0.1, -0.05) is 37.8 Å². The van der Waals surface area contributed by atoms with E-state index in [1.807, 2.05) is 0 Å². The standard InChI is InChI=1S/C22H22F5NO/c1-14-9-10-16(23)12-17(14)20(2,3)13-21(29,22(25,26)27)11-5-7-15-6-4-8-18(24)19(15)28/h4,6,8-10,12,29H,11,13,28H2,1-3H3. The van der Waals surface area contributed by atoms with E-state index in [0.717, 1.165) is 6.07 Å². The maximum atomic E-state index is 13.7. The average Bonchev–Trinajstić information content (AvgIpc) is 2.59. The van der Waals surface area contributed by atoms with Gasteiger partial charge < -0.3 is 10.8 Å². The molecule has 2 aromatic carbocycles. The lowest BCUT2D eigenvalue weighted by Gasteiger charge is -2.37. The number of rotatable bonds is 4. The molecule has 0 aliphatic rings. The Kier molecular flexibility index (Phi) is 6.29. The Labute approximate surface area is 166 Å². The molecular formula is C22H22F5NO. The number of hydrogen-bond donors (Lipinski definition) is 2. The Morgan fingerprint density at radius 3 is 2.34 bits per heavy atom. The molecule has 2 aromatic rings. The van der Waals surface area contributed by atoms with Crippen molar-refractivity contribution in [2.24, 2.45) is 0 Å². The lowest BCUT2D eigenvalue weighted by atomic mass is 9.72. The molecule has 0 radical (unpaired) electrons. The Morgan fingerprint density at radius 2 is 1.72 bits per heavy atom. The second-order valence-electron chi connectivity index (χ2n) is 7.73. The van der Waals surface area contributed by atoms with E-state index in [9.17, 15) is 27.1 Å². The Balaban J connectivity index is 2.37. The van der Waals surface area contributed by atoms with E-state index >= 15 is 0 Å². The molecule has 0 spiro atoms. The highest BCUT2D eigenvalue weighted by molar-refractivity contribution is 5.56. The number of aryl methyl sites for hydroxylation is 1. The lowest BCUT2D eigenvalue weighted by Crippen LogP contribution is -2.49. The molecule has 1 atom stereocenters. The number of hydrogen-bond acceptors (Lipinski definition) is 2. The highest BCUT2D eigenvalue weighted by atomic mass is 19.4. The van der Waals surface area contributed by atoms with Gasteiger partial charge in [0.15, 0.2) is 5.60 Å². The SMILES string of the molecule is Cc1ccc(F)cc1C(C)(C)CC(O)(CC#Cc1cccc(F)c1N)C(F)(F)F. The number of para-hydroxylation sites is 1. The van der Waals surface area contributed by atoms with Gasteiger partial charge in [0.2, 0.25) is 0 Å². The molecule has 0 aliphatic heterocycles. The third kappa shape index (κ3) is 5.07. The average molecular weight is 411 g/mol. The largest absolute Gasteiger partial charge is 0.418 e. The molecular weight excluding hydrogens is 389 g/mol. The van der Waals surface area contributed by atoms with E-state index in [0.29, 0.717) is 11.1 Å². The summed E-state index contributed by atoms with van der Waals surface area (Å²) in [6.45, 7) is 4.67. The van der Waals surface area contributed by atoms with Crippen molar-refractivity contribution in [1.29, 1.82) is 0 Å². The summed E-state index contributed by atoms with van der Waals surface area (Å²) < 4.78 is 68.3. The first-order valence-electron chi connectivity index (χ1n) is 8.85. The van der Waals surface area contributed by atoms with Gasteiger partial charge in [-0.05, 0) is 54.2 Å². The Hall–Kier alpha value is -2.59. The third-order valence-electron chi connectivity index (χ3n) is 4.85. The van der Waals surface area contributed by atoms with Gasteiger partial charge in [0.1, 0.15) is 11.6 Å². The quantitative estimate of drug-likeness (QED) is 0.410. The molecule has 0 aromatic heterocycles. The molecule has 0 heterocycles. The Morgan fingerprint density at radius 1 is 1.07 bits per heavy atom. The smallest absolute Gasteiger partial charge is 0.395 e. The number of aliphatic hydroxyl groups is 1. The minimum absolute atomic E-state index is 0.0368. The monoisotopic (exact) mass is 411 g/mol. The molecule has 0 saturated heterocycles. The van der Waals surface area contributed by atoms with Crippen LogP contribution < -0.4 is 5.73 Å². The number of halogens is 5. The molecule has 156 valence electrons. The van der Waals surface area contributed by atoms with Crippen LogP contribution in [-0.2, 0) is 5.41 Å². The summed E-state index contributed by atoms with van der Waals surface area (Å²) in [6, 6.07) is 7.69. The highest BCUT2D eigenvalue weighted by Gasteiger charge is 2.55. The molecule has 2 rings (SSSR count).